The second-order valence-corrected chi connectivity index (χ2v) is 7.15. The van der Waals surface area contributed by atoms with Crippen LogP contribution in [0.15, 0.2) is 29.2 Å². The Bertz CT molecular complexity index is 466. The highest BCUT2D eigenvalue weighted by Crippen LogP contribution is 2.22. The molecule has 3 nitrogen and oxygen atoms in total. The van der Waals surface area contributed by atoms with Crippen LogP contribution < -0.4 is 10.6 Å². The molecule has 1 aromatic carbocycles. The van der Waals surface area contributed by atoms with Gasteiger partial charge in [0.1, 0.15) is 0 Å². The topological polar surface area (TPSA) is 41.1 Å². The van der Waals surface area contributed by atoms with Gasteiger partial charge in [0.25, 0.3) is 0 Å². The van der Waals surface area contributed by atoms with Crippen LogP contribution in [-0.4, -0.2) is 24.2 Å². The van der Waals surface area contributed by atoms with Gasteiger partial charge in [-0.2, -0.15) is 0 Å². The van der Waals surface area contributed by atoms with Gasteiger partial charge in [0.05, 0.1) is 6.04 Å². The van der Waals surface area contributed by atoms with Gasteiger partial charge in [0.2, 0.25) is 5.91 Å². The summed E-state index contributed by atoms with van der Waals surface area (Å²) >= 11 is 1.84. The number of benzene rings is 1. The lowest BCUT2D eigenvalue weighted by Crippen LogP contribution is -2.42. The van der Waals surface area contributed by atoms with Crippen LogP contribution in [0, 0.1) is 5.92 Å². The summed E-state index contributed by atoms with van der Waals surface area (Å²) in [5.41, 5.74) is 1.17. The normalized spacial score (nSPS) is 22.5. The van der Waals surface area contributed by atoms with E-state index in [-0.39, 0.29) is 30.3 Å². The van der Waals surface area contributed by atoms with Crippen LogP contribution in [0.3, 0.4) is 0 Å². The lowest BCUT2D eigenvalue weighted by atomic mass is 9.92. The first-order valence-electron chi connectivity index (χ1n) is 7.86. The van der Waals surface area contributed by atoms with Gasteiger partial charge in [-0.05, 0) is 56.7 Å². The summed E-state index contributed by atoms with van der Waals surface area (Å²) in [4.78, 5) is 13.6. The van der Waals surface area contributed by atoms with Gasteiger partial charge in [-0.1, -0.05) is 19.1 Å². The van der Waals surface area contributed by atoms with Gasteiger partial charge in [-0.25, -0.2) is 0 Å². The fraction of sp³-hybridized carbons (Fsp3) is 0.588. The van der Waals surface area contributed by atoms with Crippen molar-refractivity contribution in [3.63, 3.8) is 0 Å². The maximum Gasteiger partial charge on any atom is 0.223 e. The molecule has 0 aromatic heterocycles. The number of carbonyl (C=O) groups excluding carboxylic acids is 1. The fourth-order valence-corrected chi connectivity index (χ4v) is 3.47. The summed E-state index contributed by atoms with van der Waals surface area (Å²) in [6, 6.07) is 9.03. The van der Waals surface area contributed by atoms with Crippen molar-refractivity contribution in [1.29, 1.82) is 0 Å². The van der Waals surface area contributed by atoms with Crippen molar-refractivity contribution in [2.45, 2.75) is 50.6 Å². The molecule has 0 bridgehead atoms. The van der Waals surface area contributed by atoms with Crippen molar-refractivity contribution >= 4 is 30.1 Å². The van der Waals surface area contributed by atoms with Crippen molar-refractivity contribution in [1.82, 2.24) is 10.6 Å². The van der Waals surface area contributed by atoms with Gasteiger partial charge in [0, 0.05) is 16.9 Å². The van der Waals surface area contributed by atoms with Crippen LogP contribution >= 0.6 is 24.2 Å². The van der Waals surface area contributed by atoms with Crippen molar-refractivity contribution in [3.8, 4) is 0 Å². The molecule has 124 valence electrons. The van der Waals surface area contributed by atoms with E-state index in [4.69, 9.17) is 0 Å². The zero-order chi connectivity index (χ0) is 15.2. The highest BCUT2D eigenvalue weighted by molar-refractivity contribution is 7.99. The molecule has 0 spiro atoms. The summed E-state index contributed by atoms with van der Waals surface area (Å²) in [6.07, 6.45) is 1.87. The quantitative estimate of drug-likeness (QED) is 0.800. The van der Waals surface area contributed by atoms with E-state index in [1.54, 1.807) is 0 Å². The van der Waals surface area contributed by atoms with E-state index in [0.717, 1.165) is 25.1 Å². The van der Waals surface area contributed by atoms with E-state index < -0.39 is 0 Å². The van der Waals surface area contributed by atoms with Crippen LogP contribution in [0.2, 0.25) is 0 Å². The van der Waals surface area contributed by atoms with Crippen LogP contribution in [0.5, 0.6) is 0 Å². The van der Waals surface area contributed by atoms with Gasteiger partial charge in [-0.3, -0.25) is 4.79 Å². The Kier molecular flexibility index (Phi) is 8.29. The van der Waals surface area contributed by atoms with Gasteiger partial charge in [0.15, 0.2) is 0 Å². The monoisotopic (exact) mass is 342 g/mol. The standard InChI is InChI=1S/C17H26N2OS.ClH/c1-4-21-16-7-5-14(6-8-16)13(3)19-17(20)15-9-10-18-12(2)11-15;/h5-8,12-13,15,18H,4,9-11H2,1-3H3,(H,19,20);1H/t12-,13?,15-;/m0./s1. The van der Waals surface area contributed by atoms with Crippen LogP contribution in [0.25, 0.3) is 0 Å². The Morgan fingerprint density at radius 2 is 2.09 bits per heavy atom. The maximum atomic E-state index is 12.4. The Morgan fingerprint density at radius 3 is 2.68 bits per heavy atom. The van der Waals surface area contributed by atoms with Crippen LogP contribution in [0.4, 0.5) is 0 Å². The zero-order valence-electron chi connectivity index (χ0n) is 13.6. The molecule has 22 heavy (non-hydrogen) atoms. The molecule has 0 radical (unpaired) electrons. The molecule has 1 aliphatic rings. The second kappa shape index (κ2) is 9.43. The molecule has 1 unspecified atom stereocenters. The summed E-state index contributed by atoms with van der Waals surface area (Å²) in [6.45, 7) is 7.30. The van der Waals surface area contributed by atoms with Crippen LogP contribution in [0.1, 0.15) is 45.2 Å². The fourth-order valence-electron chi connectivity index (χ4n) is 2.80. The number of carbonyl (C=O) groups is 1. The number of nitrogens with one attached hydrogen (secondary N) is 2. The van der Waals surface area contributed by atoms with Crippen LogP contribution in [-0.2, 0) is 4.79 Å². The largest absolute Gasteiger partial charge is 0.349 e. The molecule has 5 heteroatoms. The zero-order valence-corrected chi connectivity index (χ0v) is 15.2. The molecule has 1 aliphatic heterocycles. The molecule has 1 aromatic rings. The molecular weight excluding hydrogens is 316 g/mol. The first-order valence-corrected chi connectivity index (χ1v) is 8.85. The van der Waals surface area contributed by atoms with E-state index in [1.165, 1.54) is 10.5 Å². The molecule has 2 rings (SSSR count). The van der Waals surface area contributed by atoms with Crippen molar-refractivity contribution < 1.29 is 4.79 Å². The third-order valence-corrected chi connectivity index (χ3v) is 4.94. The first kappa shape index (κ1) is 19.3. The Hall–Kier alpha value is -0.710. The summed E-state index contributed by atoms with van der Waals surface area (Å²) < 4.78 is 0. The molecular formula is C17H27ClN2OS. The minimum atomic E-state index is 0. The van der Waals surface area contributed by atoms with E-state index in [0.29, 0.717) is 6.04 Å². The smallest absolute Gasteiger partial charge is 0.223 e. The highest BCUT2D eigenvalue weighted by atomic mass is 35.5. The van der Waals surface area contributed by atoms with E-state index in [2.05, 4.69) is 55.7 Å². The summed E-state index contributed by atoms with van der Waals surface area (Å²) in [7, 11) is 0. The third-order valence-electron chi connectivity index (χ3n) is 4.04. The molecule has 3 atom stereocenters. The predicted octanol–water partition coefficient (Wildman–Crippen LogP) is 3.79. The summed E-state index contributed by atoms with van der Waals surface area (Å²) in [5, 5.41) is 6.55. The number of thioether (sulfide) groups is 1. The minimum absolute atomic E-state index is 0. The summed E-state index contributed by atoms with van der Waals surface area (Å²) in [5.74, 6) is 1.43. The number of amides is 1. The minimum Gasteiger partial charge on any atom is -0.349 e. The van der Waals surface area contributed by atoms with Gasteiger partial charge < -0.3 is 10.6 Å². The van der Waals surface area contributed by atoms with Crippen molar-refractivity contribution in [2.75, 3.05) is 12.3 Å². The van der Waals surface area contributed by atoms with Gasteiger partial charge >= 0.3 is 0 Å². The molecule has 0 aliphatic carbocycles. The van der Waals surface area contributed by atoms with Crippen molar-refractivity contribution in [3.05, 3.63) is 29.8 Å². The third kappa shape index (κ3) is 5.49. The average Bonchev–Trinajstić information content (AvgIpc) is 2.48. The lowest BCUT2D eigenvalue weighted by molar-refractivity contribution is -0.126. The molecule has 1 amide bonds. The lowest BCUT2D eigenvalue weighted by Gasteiger charge is -2.28. The van der Waals surface area contributed by atoms with Gasteiger partial charge in [-0.15, -0.1) is 24.2 Å². The molecule has 1 fully saturated rings. The molecule has 2 N–H and O–H groups in total. The Balaban J connectivity index is 0.00000242. The number of halogens is 1. The predicted molar refractivity (Wildman–Crippen MR) is 96.8 cm³/mol. The number of hydrogen-bond acceptors (Lipinski definition) is 3. The second-order valence-electron chi connectivity index (χ2n) is 5.81. The van der Waals surface area contributed by atoms with Crippen molar-refractivity contribution in [2.24, 2.45) is 5.92 Å². The molecule has 0 saturated carbocycles. The van der Waals surface area contributed by atoms with E-state index >= 15 is 0 Å². The number of hydrogen-bond donors (Lipinski definition) is 2. The number of rotatable bonds is 5. The van der Waals surface area contributed by atoms with E-state index in [1.807, 2.05) is 11.8 Å². The molecule has 1 heterocycles. The first-order chi connectivity index (χ1) is 10.1. The van der Waals surface area contributed by atoms with E-state index in [9.17, 15) is 4.79 Å². The molecule has 1 saturated heterocycles. The maximum absolute atomic E-state index is 12.4. The highest BCUT2D eigenvalue weighted by Gasteiger charge is 2.25. The average molecular weight is 343 g/mol. The SMILES string of the molecule is CCSc1ccc(C(C)NC(=O)[C@H]2CCN[C@@H](C)C2)cc1.Cl. The Morgan fingerprint density at radius 1 is 1.41 bits per heavy atom. The Labute approximate surface area is 144 Å². The number of piperidine rings is 1.